The molecular weight excluding hydrogens is 292 g/mol. The third kappa shape index (κ3) is 7.57. The lowest BCUT2D eigenvalue weighted by atomic mass is 10.1. The molecule has 0 aromatic carbocycles. The van der Waals surface area contributed by atoms with Crippen molar-refractivity contribution in [3.05, 3.63) is 0 Å². The molecule has 6 nitrogen and oxygen atoms in total. The van der Waals surface area contributed by atoms with E-state index in [1.54, 1.807) is 4.90 Å². The Morgan fingerprint density at radius 1 is 1.43 bits per heavy atom. The number of nitrogens with zero attached hydrogens (tertiary/aromatic N) is 1. The average Bonchev–Trinajstić information content (AvgIpc) is 2.37. The smallest absolute Gasteiger partial charge is 0.410 e. The molecule has 1 aliphatic rings. The lowest BCUT2D eigenvalue weighted by molar-refractivity contribution is -0.119. The number of piperidine rings is 1. The number of carbonyl (C=O) groups is 2. The van der Waals surface area contributed by atoms with Crippen molar-refractivity contribution in [1.82, 2.24) is 10.2 Å². The minimum Gasteiger partial charge on any atom is -0.444 e. The molecule has 122 valence electrons. The summed E-state index contributed by atoms with van der Waals surface area (Å²) in [4.78, 5) is 25.4. The summed E-state index contributed by atoms with van der Waals surface area (Å²) in [6, 6.07) is -0.0199. The summed E-state index contributed by atoms with van der Waals surface area (Å²) in [6.45, 7) is 6.76. The zero-order valence-electron chi connectivity index (χ0n) is 13.1. The predicted molar refractivity (Wildman–Crippen MR) is 83.4 cm³/mol. The van der Waals surface area contributed by atoms with E-state index in [0.717, 1.165) is 12.8 Å². The second kappa shape index (κ2) is 8.48. The Bertz CT molecular complexity index is 357. The molecule has 0 bridgehead atoms. The van der Waals surface area contributed by atoms with Crippen LogP contribution in [0.3, 0.4) is 0 Å². The number of carbonyl (C=O) groups excluding carboxylic acids is 2. The Kier molecular flexibility index (Phi) is 7.31. The molecule has 1 heterocycles. The van der Waals surface area contributed by atoms with Crippen LogP contribution in [0, 0.1) is 0 Å². The topological polar surface area (TPSA) is 78.9 Å². The van der Waals surface area contributed by atoms with E-state index < -0.39 is 5.60 Å². The maximum Gasteiger partial charge on any atom is 0.410 e. The maximum atomic E-state index is 12.0. The van der Waals surface area contributed by atoms with Gasteiger partial charge >= 0.3 is 6.09 Å². The number of amides is 2. The Morgan fingerprint density at radius 2 is 2.14 bits per heavy atom. The van der Waals surface area contributed by atoms with Gasteiger partial charge in [-0.25, -0.2) is 4.79 Å². The zero-order chi connectivity index (χ0) is 15.9. The summed E-state index contributed by atoms with van der Waals surface area (Å²) < 4.78 is 5.35. The van der Waals surface area contributed by atoms with Gasteiger partial charge in [-0.2, -0.15) is 0 Å². The Morgan fingerprint density at radius 3 is 2.76 bits per heavy atom. The van der Waals surface area contributed by atoms with Crippen molar-refractivity contribution in [2.45, 2.75) is 45.3 Å². The highest BCUT2D eigenvalue weighted by molar-refractivity contribution is 7.99. The molecule has 0 aromatic heterocycles. The van der Waals surface area contributed by atoms with E-state index in [-0.39, 0.29) is 24.6 Å². The fraction of sp³-hybridized carbons (Fsp3) is 0.857. The minimum absolute atomic E-state index is 0.0199. The van der Waals surface area contributed by atoms with Crippen LogP contribution in [-0.2, 0) is 9.53 Å². The number of rotatable bonds is 5. The molecule has 2 amide bonds. The largest absolute Gasteiger partial charge is 0.444 e. The van der Waals surface area contributed by atoms with E-state index in [0.29, 0.717) is 24.6 Å². The van der Waals surface area contributed by atoms with E-state index in [9.17, 15) is 9.59 Å². The first-order chi connectivity index (χ1) is 9.81. The highest BCUT2D eigenvalue weighted by atomic mass is 32.2. The van der Waals surface area contributed by atoms with Gasteiger partial charge in [0.2, 0.25) is 5.91 Å². The van der Waals surface area contributed by atoms with Crippen molar-refractivity contribution >= 4 is 23.8 Å². The van der Waals surface area contributed by atoms with E-state index in [1.807, 2.05) is 20.8 Å². The summed E-state index contributed by atoms with van der Waals surface area (Å²) >= 11 is 1.40. The van der Waals surface area contributed by atoms with Crippen LogP contribution in [0.5, 0.6) is 0 Å². The van der Waals surface area contributed by atoms with Gasteiger partial charge in [-0.3, -0.25) is 4.79 Å². The zero-order valence-corrected chi connectivity index (χ0v) is 13.9. The van der Waals surface area contributed by atoms with Crippen LogP contribution in [0.4, 0.5) is 4.79 Å². The van der Waals surface area contributed by atoms with Gasteiger partial charge in [-0.05, 0) is 33.6 Å². The number of ether oxygens (including phenoxy) is 1. The van der Waals surface area contributed by atoms with E-state index >= 15 is 0 Å². The molecule has 1 saturated heterocycles. The normalized spacial score (nSPS) is 19.2. The van der Waals surface area contributed by atoms with Crippen LogP contribution in [0.1, 0.15) is 33.6 Å². The summed E-state index contributed by atoms with van der Waals surface area (Å²) in [5.41, 5.74) is -0.506. The summed E-state index contributed by atoms with van der Waals surface area (Å²) in [7, 11) is 0. The van der Waals surface area contributed by atoms with Crippen LogP contribution in [-0.4, -0.2) is 64.9 Å². The van der Waals surface area contributed by atoms with E-state index in [1.165, 1.54) is 11.8 Å². The van der Waals surface area contributed by atoms with Gasteiger partial charge in [0.05, 0.1) is 12.4 Å². The molecule has 1 rings (SSSR count). The summed E-state index contributed by atoms with van der Waals surface area (Å²) in [5.74, 6) is 0.843. The van der Waals surface area contributed by atoms with Crippen molar-refractivity contribution in [1.29, 1.82) is 0 Å². The van der Waals surface area contributed by atoms with Gasteiger partial charge in [0.1, 0.15) is 5.60 Å². The molecule has 21 heavy (non-hydrogen) atoms. The third-order valence-electron chi connectivity index (χ3n) is 2.91. The molecule has 7 heteroatoms. The van der Waals surface area contributed by atoms with Crippen LogP contribution < -0.4 is 5.32 Å². The van der Waals surface area contributed by atoms with Crippen LogP contribution in [0.2, 0.25) is 0 Å². The lowest BCUT2D eigenvalue weighted by Gasteiger charge is -2.34. The molecular formula is C14H26N2O4S. The van der Waals surface area contributed by atoms with Gasteiger partial charge in [0, 0.05) is 24.9 Å². The quantitative estimate of drug-likeness (QED) is 0.745. The van der Waals surface area contributed by atoms with Crippen LogP contribution in [0.15, 0.2) is 0 Å². The third-order valence-corrected chi connectivity index (χ3v) is 3.84. The van der Waals surface area contributed by atoms with E-state index in [4.69, 9.17) is 9.84 Å². The first kappa shape index (κ1) is 18.1. The highest BCUT2D eigenvalue weighted by Gasteiger charge is 2.28. The van der Waals surface area contributed by atoms with E-state index in [2.05, 4.69) is 5.32 Å². The molecule has 2 N–H and O–H groups in total. The molecule has 0 aliphatic carbocycles. The highest BCUT2D eigenvalue weighted by Crippen LogP contribution is 2.15. The molecule has 0 saturated carbocycles. The number of thioether (sulfide) groups is 1. The first-order valence-corrected chi connectivity index (χ1v) is 8.43. The van der Waals surface area contributed by atoms with Gasteiger partial charge in [0.25, 0.3) is 0 Å². The second-order valence-electron chi connectivity index (χ2n) is 6.11. The number of aliphatic hydroxyl groups excluding tert-OH is 1. The number of aliphatic hydroxyl groups is 1. The monoisotopic (exact) mass is 318 g/mol. The molecule has 1 aliphatic heterocycles. The number of likely N-dealkylation sites (tertiary alicyclic amines) is 1. The Hall–Kier alpha value is -0.950. The van der Waals surface area contributed by atoms with Crippen LogP contribution >= 0.6 is 11.8 Å². The van der Waals surface area contributed by atoms with Gasteiger partial charge < -0.3 is 20.1 Å². The summed E-state index contributed by atoms with van der Waals surface area (Å²) in [5, 5.41) is 11.6. The van der Waals surface area contributed by atoms with Gasteiger partial charge in [-0.1, -0.05) is 0 Å². The second-order valence-corrected chi connectivity index (χ2v) is 7.21. The minimum atomic E-state index is -0.506. The summed E-state index contributed by atoms with van der Waals surface area (Å²) in [6.07, 6.45) is 1.40. The number of hydrogen-bond donors (Lipinski definition) is 2. The molecule has 0 radical (unpaired) electrons. The van der Waals surface area contributed by atoms with Gasteiger partial charge in [-0.15, -0.1) is 11.8 Å². The lowest BCUT2D eigenvalue weighted by Crippen LogP contribution is -2.51. The van der Waals surface area contributed by atoms with Crippen LogP contribution in [0.25, 0.3) is 0 Å². The van der Waals surface area contributed by atoms with Crippen molar-refractivity contribution in [2.75, 3.05) is 31.2 Å². The predicted octanol–water partition coefficient (Wildman–Crippen LogP) is 1.23. The number of hydrogen-bond acceptors (Lipinski definition) is 5. The molecule has 0 aromatic rings. The first-order valence-electron chi connectivity index (χ1n) is 7.27. The number of nitrogens with one attached hydrogen (secondary N) is 1. The average molecular weight is 318 g/mol. The van der Waals surface area contributed by atoms with Crippen molar-refractivity contribution < 1.29 is 19.4 Å². The standard InChI is InChI=1S/C14H26N2O4S/c1-14(2,3)20-13(19)16-6-4-5-11(9-16)15-12(18)10-21-8-7-17/h11,17H,4-10H2,1-3H3,(H,15,18)/t11-/m1/s1. The fourth-order valence-corrected chi connectivity index (χ4v) is 2.63. The Balaban J connectivity index is 2.38. The maximum absolute atomic E-state index is 12.0. The molecule has 0 unspecified atom stereocenters. The van der Waals surface area contributed by atoms with Crippen molar-refractivity contribution in [3.63, 3.8) is 0 Å². The SMILES string of the molecule is CC(C)(C)OC(=O)N1CCC[C@@H](NC(=O)CSCCO)C1. The Labute approximate surface area is 130 Å². The van der Waals surface area contributed by atoms with Crippen molar-refractivity contribution in [3.8, 4) is 0 Å². The molecule has 1 fully saturated rings. The molecule has 1 atom stereocenters. The molecule has 0 spiro atoms. The fourth-order valence-electron chi connectivity index (χ4n) is 2.09. The van der Waals surface area contributed by atoms with Crippen molar-refractivity contribution in [2.24, 2.45) is 0 Å². The van der Waals surface area contributed by atoms with Gasteiger partial charge in [0.15, 0.2) is 0 Å².